The molecule has 1 aliphatic rings. The van der Waals surface area contributed by atoms with E-state index in [0.717, 1.165) is 6.26 Å². The molecule has 1 N–H and O–H groups in total. The van der Waals surface area contributed by atoms with Gasteiger partial charge in [0.1, 0.15) is 0 Å². The quantitative estimate of drug-likeness (QED) is 0.683. The molecule has 1 unspecified atom stereocenters. The molecule has 29 heavy (non-hydrogen) atoms. The maximum Gasteiger partial charge on any atom is 0.337 e. The van der Waals surface area contributed by atoms with Gasteiger partial charge < -0.3 is 19.4 Å². The number of sulfone groups is 1. The predicted molar refractivity (Wildman–Crippen MR) is 105 cm³/mol. The van der Waals surface area contributed by atoms with Crippen molar-refractivity contribution in [3.63, 3.8) is 0 Å². The van der Waals surface area contributed by atoms with Crippen molar-refractivity contribution in [2.45, 2.75) is 51.8 Å². The molecule has 0 spiro atoms. The predicted octanol–water partition coefficient (Wildman–Crippen LogP) is 1.57. The standard InChI is InChI=1S/C19H27N3O6S/c1-8-27-17(23)14-11(4)21-12(5)15(18(24)28-10(2)3)16(14)13-9-20-19(22(13)6)29(7,25)26/h9-10,16,21H,8H2,1-7H3. The van der Waals surface area contributed by atoms with Crippen LogP contribution in [0.25, 0.3) is 0 Å². The highest BCUT2D eigenvalue weighted by Crippen LogP contribution is 2.39. The molecule has 1 aromatic heterocycles. The number of allylic oxidation sites excluding steroid dienone is 2. The number of rotatable bonds is 6. The fourth-order valence-electron chi connectivity index (χ4n) is 3.33. The van der Waals surface area contributed by atoms with Gasteiger partial charge in [0, 0.05) is 24.7 Å². The van der Waals surface area contributed by atoms with E-state index in [1.54, 1.807) is 34.6 Å². The fourth-order valence-corrected chi connectivity index (χ4v) is 4.18. The van der Waals surface area contributed by atoms with Crippen LogP contribution in [0.3, 0.4) is 0 Å². The Bertz CT molecular complexity index is 1000. The number of hydrogen-bond donors (Lipinski definition) is 1. The van der Waals surface area contributed by atoms with Gasteiger partial charge in [-0.2, -0.15) is 0 Å². The summed E-state index contributed by atoms with van der Waals surface area (Å²) in [6.45, 7) is 8.66. The van der Waals surface area contributed by atoms with Crippen LogP contribution >= 0.6 is 0 Å². The summed E-state index contributed by atoms with van der Waals surface area (Å²) in [5.74, 6) is -2.10. The number of ether oxygens (including phenoxy) is 2. The average molecular weight is 426 g/mol. The van der Waals surface area contributed by atoms with E-state index in [1.807, 2.05) is 0 Å². The molecular weight excluding hydrogens is 398 g/mol. The van der Waals surface area contributed by atoms with E-state index in [9.17, 15) is 18.0 Å². The van der Waals surface area contributed by atoms with Crippen molar-refractivity contribution in [3.8, 4) is 0 Å². The molecule has 10 heteroatoms. The first kappa shape index (κ1) is 22.7. The van der Waals surface area contributed by atoms with Crippen LogP contribution in [0.1, 0.15) is 46.2 Å². The molecule has 1 aromatic rings. The van der Waals surface area contributed by atoms with Crippen molar-refractivity contribution in [3.05, 3.63) is 34.4 Å². The molecule has 2 rings (SSSR count). The number of dihydropyridines is 1. The van der Waals surface area contributed by atoms with Crippen LogP contribution in [0.2, 0.25) is 0 Å². The van der Waals surface area contributed by atoms with Gasteiger partial charge in [0.15, 0.2) is 0 Å². The Balaban J connectivity index is 2.75. The van der Waals surface area contributed by atoms with E-state index in [-0.39, 0.29) is 29.0 Å². The van der Waals surface area contributed by atoms with Gasteiger partial charge >= 0.3 is 11.9 Å². The molecule has 0 radical (unpaired) electrons. The summed E-state index contributed by atoms with van der Waals surface area (Å²) in [7, 11) is -2.08. The highest BCUT2D eigenvalue weighted by molar-refractivity contribution is 7.90. The van der Waals surface area contributed by atoms with Crippen LogP contribution in [0.4, 0.5) is 0 Å². The van der Waals surface area contributed by atoms with E-state index in [1.165, 1.54) is 17.8 Å². The summed E-state index contributed by atoms with van der Waals surface area (Å²) < 4.78 is 36.1. The molecule has 2 heterocycles. The molecule has 0 amide bonds. The SMILES string of the molecule is CCOC(=O)C1=C(C)NC(C)=C(C(=O)OC(C)C)C1c1cnc(S(C)(=O)=O)n1C. The Morgan fingerprint density at radius 2 is 1.76 bits per heavy atom. The smallest absolute Gasteiger partial charge is 0.337 e. The Hall–Kier alpha value is -2.62. The number of imidazole rings is 1. The summed E-state index contributed by atoms with van der Waals surface area (Å²) in [6, 6.07) is 0. The van der Waals surface area contributed by atoms with Crippen molar-refractivity contribution >= 4 is 21.8 Å². The molecule has 0 saturated carbocycles. The lowest BCUT2D eigenvalue weighted by atomic mass is 9.83. The first-order valence-corrected chi connectivity index (χ1v) is 11.1. The second kappa shape index (κ2) is 8.40. The number of esters is 2. The van der Waals surface area contributed by atoms with E-state index in [4.69, 9.17) is 9.47 Å². The largest absolute Gasteiger partial charge is 0.463 e. The Morgan fingerprint density at radius 1 is 1.21 bits per heavy atom. The van der Waals surface area contributed by atoms with Gasteiger partial charge in [-0.05, 0) is 34.6 Å². The maximum absolute atomic E-state index is 12.9. The summed E-state index contributed by atoms with van der Waals surface area (Å²) in [5.41, 5.74) is 1.79. The number of carbonyl (C=O) groups is 2. The lowest BCUT2D eigenvalue weighted by Gasteiger charge is -2.30. The third-order valence-corrected chi connectivity index (χ3v) is 5.47. The van der Waals surface area contributed by atoms with Crippen LogP contribution in [0.5, 0.6) is 0 Å². The second-order valence-corrected chi connectivity index (χ2v) is 9.02. The molecular formula is C19H27N3O6S. The van der Waals surface area contributed by atoms with Gasteiger partial charge in [-0.3, -0.25) is 0 Å². The topological polar surface area (TPSA) is 117 Å². The van der Waals surface area contributed by atoms with Crippen LogP contribution in [-0.4, -0.2) is 48.9 Å². The molecule has 0 saturated heterocycles. The van der Waals surface area contributed by atoms with E-state index in [2.05, 4.69) is 10.3 Å². The second-order valence-electron chi connectivity index (χ2n) is 7.11. The van der Waals surface area contributed by atoms with Crippen LogP contribution in [0.15, 0.2) is 33.9 Å². The summed E-state index contributed by atoms with van der Waals surface area (Å²) >= 11 is 0. The van der Waals surface area contributed by atoms with Gasteiger partial charge in [-0.1, -0.05) is 0 Å². The highest BCUT2D eigenvalue weighted by Gasteiger charge is 2.40. The lowest BCUT2D eigenvalue weighted by Crippen LogP contribution is -2.34. The van der Waals surface area contributed by atoms with Crippen LogP contribution in [-0.2, 0) is 35.9 Å². The summed E-state index contributed by atoms with van der Waals surface area (Å²) in [4.78, 5) is 29.7. The Kier molecular flexibility index (Phi) is 6.56. The zero-order valence-corrected chi connectivity index (χ0v) is 18.5. The van der Waals surface area contributed by atoms with E-state index >= 15 is 0 Å². The molecule has 0 fully saturated rings. The van der Waals surface area contributed by atoms with Gasteiger partial charge in [-0.25, -0.2) is 23.0 Å². The molecule has 160 valence electrons. The number of nitrogens with one attached hydrogen (secondary N) is 1. The van der Waals surface area contributed by atoms with Gasteiger partial charge in [-0.15, -0.1) is 0 Å². The molecule has 0 bridgehead atoms. The number of aromatic nitrogens is 2. The molecule has 1 atom stereocenters. The Morgan fingerprint density at radius 3 is 2.21 bits per heavy atom. The first-order chi connectivity index (χ1) is 13.4. The monoisotopic (exact) mass is 425 g/mol. The Labute approximate surface area is 170 Å². The minimum absolute atomic E-state index is 0.150. The van der Waals surface area contributed by atoms with Crippen molar-refractivity contribution in [1.82, 2.24) is 14.9 Å². The highest BCUT2D eigenvalue weighted by atomic mass is 32.2. The minimum Gasteiger partial charge on any atom is -0.463 e. The molecule has 0 aromatic carbocycles. The average Bonchev–Trinajstić information content (AvgIpc) is 2.94. The normalized spacial score (nSPS) is 17.4. The molecule has 1 aliphatic heterocycles. The van der Waals surface area contributed by atoms with Gasteiger partial charge in [0.2, 0.25) is 15.0 Å². The third kappa shape index (κ3) is 4.52. The van der Waals surface area contributed by atoms with Crippen molar-refractivity contribution < 1.29 is 27.5 Å². The van der Waals surface area contributed by atoms with Gasteiger partial charge in [0.25, 0.3) is 0 Å². The maximum atomic E-state index is 12.9. The lowest BCUT2D eigenvalue weighted by molar-refractivity contribution is -0.143. The third-order valence-electron chi connectivity index (χ3n) is 4.43. The number of hydrogen-bond acceptors (Lipinski definition) is 8. The van der Waals surface area contributed by atoms with E-state index < -0.39 is 27.7 Å². The van der Waals surface area contributed by atoms with Crippen LogP contribution in [0, 0.1) is 0 Å². The van der Waals surface area contributed by atoms with Gasteiger partial charge in [0.05, 0.1) is 41.7 Å². The van der Waals surface area contributed by atoms with Crippen molar-refractivity contribution in [1.29, 1.82) is 0 Å². The van der Waals surface area contributed by atoms with E-state index in [0.29, 0.717) is 17.1 Å². The van der Waals surface area contributed by atoms with Crippen molar-refractivity contribution in [2.24, 2.45) is 7.05 Å². The number of carbonyl (C=O) groups excluding carboxylic acids is 2. The van der Waals surface area contributed by atoms with Crippen LogP contribution < -0.4 is 5.32 Å². The van der Waals surface area contributed by atoms with Crippen molar-refractivity contribution in [2.75, 3.05) is 12.9 Å². The molecule has 0 aliphatic carbocycles. The number of nitrogens with zero attached hydrogens (tertiary/aromatic N) is 2. The first-order valence-electron chi connectivity index (χ1n) is 9.18. The summed E-state index contributed by atoms with van der Waals surface area (Å²) in [5, 5.41) is 2.87. The summed E-state index contributed by atoms with van der Waals surface area (Å²) in [6.07, 6.45) is 2.03. The zero-order chi connectivity index (χ0) is 22.1. The molecule has 9 nitrogen and oxygen atoms in total. The zero-order valence-electron chi connectivity index (χ0n) is 17.7. The fraction of sp³-hybridized carbons (Fsp3) is 0.526. The minimum atomic E-state index is -3.61.